The van der Waals surface area contributed by atoms with E-state index in [4.69, 9.17) is 4.42 Å². The summed E-state index contributed by atoms with van der Waals surface area (Å²) in [4.78, 5) is 28.3. The fourth-order valence-electron chi connectivity index (χ4n) is 4.22. The largest absolute Gasteiger partial charge is 0.503 e. The Morgan fingerprint density at radius 1 is 0.938 bits per heavy atom. The maximum Gasteiger partial charge on any atom is 0.294 e. The van der Waals surface area contributed by atoms with Crippen molar-refractivity contribution in [1.29, 1.82) is 0 Å². The predicted molar refractivity (Wildman–Crippen MR) is 123 cm³/mol. The Kier molecular flexibility index (Phi) is 4.67. The Labute approximate surface area is 185 Å². The highest BCUT2D eigenvalue weighted by Crippen LogP contribution is 2.43. The van der Waals surface area contributed by atoms with E-state index in [0.29, 0.717) is 11.3 Å². The lowest BCUT2D eigenvalue weighted by Gasteiger charge is -2.28. The van der Waals surface area contributed by atoms with Crippen LogP contribution in [0, 0.1) is 13.8 Å². The van der Waals surface area contributed by atoms with Crippen LogP contribution >= 0.6 is 0 Å². The van der Waals surface area contributed by atoms with Crippen LogP contribution in [0.5, 0.6) is 0 Å². The molecule has 158 valence electrons. The maximum absolute atomic E-state index is 13.6. The minimum atomic E-state index is -0.771. The monoisotopic (exact) mass is 423 g/mol. The lowest BCUT2D eigenvalue weighted by atomic mass is 9.92. The van der Waals surface area contributed by atoms with E-state index in [-0.39, 0.29) is 11.3 Å². The molecule has 0 radical (unpaired) electrons. The van der Waals surface area contributed by atoms with Crippen LogP contribution in [0.25, 0.3) is 11.0 Å². The van der Waals surface area contributed by atoms with Crippen molar-refractivity contribution in [2.24, 2.45) is 0 Å². The van der Waals surface area contributed by atoms with E-state index in [9.17, 15) is 14.7 Å². The molecule has 5 rings (SSSR count). The number of Topliss-reactive ketones (excluding diaryl/α,β-unsaturated/α-hetero) is 1. The van der Waals surface area contributed by atoms with Crippen molar-refractivity contribution < 1.29 is 19.1 Å². The maximum atomic E-state index is 13.6. The summed E-state index contributed by atoms with van der Waals surface area (Å²) < 4.78 is 5.77. The van der Waals surface area contributed by atoms with Crippen LogP contribution in [0.4, 0.5) is 5.69 Å². The van der Waals surface area contributed by atoms with Gasteiger partial charge in [-0.25, -0.2) is 0 Å². The number of fused-ring (bicyclic) bond motifs is 1. The minimum absolute atomic E-state index is 0.0175. The zero-order chi connectivity index (χ0) is 22.4. The molecule has 1 atom stereocenters. The number of hydrogen-bond donors (Lipinski definition) is 1. The van der Waals surface area contributed by atoms with Crippen LogP contribution in [-0.2, 0) is 4.79 Å². The predicted octanol–water partition coefficient (Wildman–Crippen LogP) is 5.83. The number of para-hydroxylation sites is 1. The number of nitrogens with zero attached hydrogens (tertiary/aromatic N) is 1. The number of carbonyl (C=O) groups is 2. The minimum Gasteiger partial charge on any atom is -0.503 e. The molecule has 5 heteroatoms. The van der Waals surface area contributed by atoms with Gasteiger partial charge in [0.2, 0.25) is 5.78 Å². The molecule has 1 amide bonds. The number of aliphatic hydroxyl groups excluding tert-OH is 1. The average molecular weight is 423 g/mol. The zero-order valence-corrected chi connectivity index (χ0v) is 17.7. The summed E-state index contributed by atoms with van der Waals surface area (Å²) in [6, 6.07) is 23.2. The summed E-state index contributed by atoms with van der Waals surface area (Å²) in [6.07, 6.45) is 0. The first-order valence-electron chi connectivity index (χ1n) is 10.4. The quantitative estimate of drug-likeness (QED) is 0.419. The van der Waals surface area contributed by atoms with E-state index in [2.05, 4.69) is 0 Å². The van der Waals surface area contributed by atoms with Crippen LogP contribution in [0.1, 0.15) is 33.3 Å². The standard InChI is InChI=1S/C27H21NO4/c1-16-11-13-19(14-12-16)28-24(20-9-5-3-7-17(20)2)23(26(30)27(28)31)25(29)22-15-18-8-4-6-10-21(18)32-22/h3-15,24,30H,1-2H3. The molecule has 1 aromatic heterocycles. The van der Waals surface area contributed by atoms with Crippen LogP contribution in [0.15, 0.2) is 94.6 Å². The molecule has 32 heavy (non-hydrogen) atoms. The Balaban J connectivity index is 1.68. The molecule has 5 nitrogen and oxygen atoms in total. The topological polar surface area (TPSA) is 70.8 Å². The van der Waals surface area contributed by atoms with Crippen LogP contribution in [0.3, 0.4) is 0 Å². The third-order valence-corrected chi connectivity index (χ3v) is 5.90. The normalized spacial score (nSPS) is 16.2. The molecule has 2 heterocycles. The van der Waals surface area contributed by atoms with E-state index < -0.39 is 23.5 Å². The number of rotatable bonds is 4. The van der Waals surface area contributed by atoms with Crippen molar-refractivity contribution in [2.45, 2.75) is 19.9 Å². The Morgan fingerprint density at radius 3 is 2.34 bits per heavy atom. The fourth-order valence-corrected chi connectivity index (χ4v) is 4.22. The number of amides is 1. The van der Waals surface area contributed by atoms with Gasteiger partial charge in [0.15, 0.2) is 11.5 Å². The lowest BCUT2D eigenvalue weighted by Crippen LogP contribution is -2.31. The number of aliphatic hydroxyl groups is 1. The second-order valence-corrected chi connectivity index (χ2v) is 8.01. The van der Waals surface area contributed by atoms with Gasteiger partial charge in [-0.15, -0.1) is 0 Å². The number of carbonyl (C=O) groups excluding carboxylic acids is 2. The van der Waals surface area contributed by atoms with Crippen LogP contribution < -0.4 is 4.90 Å². The third-order valence-electron chi connectivity index (χ3n) is 5.90. The molecular weight excluding hydrogens is 402 g/mol. The van der Waals surface area contributed by atoms with Gasteiger partial charge in [-0.2, -0.15) is 0 Å². The van der Waals surface area contributed by atoms with Crippen molar-refractivity contribution in [2.75, 3.05) is 4.90 Å². The highest BCUT2D eigenvalue weighted by molar-refractivity contribution is 6.20. The molecule has 1 aliphatic heterocycles. The Hall–Kier alpha value is -4.12. The van der Waals surface area contributed by atoms with Gasteiger partial charge in [-0.05, 0) is 49.2 Å². The van der Waals surface area contributed by atoms with E-state index in [1.165, 1.54) is 4.90 Å². The summed E-state index contributed by atoms with van der Waals surface area (Å²) in [5.74, 6) is -1.58. The smallest absolute Gasteiger partial charge is 0.294 e. The van der Waals surface area contributed by atoms with Crippen molar-refractivity contribution in [3.63, 3.8) is 0 Å². The fraction of sp³-hybridized carbons (Fsp3) is 0.111. The third kappa shape index (κ3) is 3.10. The molecule has 0 bridgehead atoms. The van der Waals surface area contributed by atoms with Gasteiger partial charge in [0.1, 0.15) is 5.58 Å². The van der Waals surface area contributed by atoms with E-state index in [0.717, 1.165) is 22.1 Å². The highest BCUT2D eigenvalue weighted by Gasteiger charge is 2.45. The van der Waals surface area contributed by atoms with Gasteiger partial charge in [0.25, 0.3) is 5.91 Å². The molecular formula is C27H21NO4. The summed E-state index contributed by atoms with van der Waals surface area (Å²) >= 11 is 0. The van der Waals surface area contributed by atoms with Crippen molar-refractivity contribution in [3.8, 4) is 0 Å². The molecule has 1 N–H and O–H groups in total. The average Bonchev–Trinajstić information content (AvgIpc) is 3.34. The second kappa shape index (κ2) is 7.54. The van der Waals surface area contributed by atoms with Gasteiger partial charge in [0, 0.05) is 11.1 Å². The first kappa shape index (κ1) is 19.8. The molecule has 0 spiro atoms. The van der Waals surface area contributed by atoms with Crippen molar-refractivity contribution in [3.05, 3.63) is 113 Å². The molecule has 0 aliphatic carbocycles. The molecule has 0 saturated carbocycles. The van der Waals surface area contributed by atoms with Crippen LogP contribution in [-0.4, -0.2) is 16.8 Å². The first-order valence-corrected chi connectivity index (χ1v) is 10.4. The van der Waals surface area contributed by atoms with Gasteiger partial charge in [-0.1, -0.05) is 60.2 Å². The molecule has 1 aliphatic rings. The van der Waals surface area contributed by atoms with E-state index in [1.807, 2.05) is 80.6 Å². The Bertz CT molecular complexity index is 1360. The van der Waals surface area contributed by atoms with Gasteiger partial charge >= 0.3 is 0 Å². The molecule has 0 fully saturated rings. The van der Waals surface area contributed by atoms with E-state index >= 15 is 0 Å². The van der Waals surface area contributed by atoms with Gasteiger partial charge in [-0.3, -0.25) is 14.5 Å². The van der Waals surface area contributed by atoms with Crippen molar-refractivity contribution in [1.82, 2.24) is 0 Å². The zero-order valence-electron chi connectivity index (χ0n) is 17.7. The lowest BCUT2D eigenvalue weighted by molar-refractivity contribution is -0.117. The molecule has 0 saturated heterocycles. The first-order chi connectivity index (χ1) is 15.5. The van der Waals surface area contributed by atoms with E-state index in [1.54, 1.807) is 12.1 Å². The molecule has 4 aromatic rings. The number of aryl methyl sites for hydroxylation is 2. The van der Waals surface area contributed by atoms with Gasteiger partial charge in [0.05, 0.1) is 11.6 Å². The molecule has 3 aromatic carbocycles. The molecule has 1 unspecified atom stereocenters. The number of furan rings is 1. The summed E-state index contributed by atoms with van der Waals surface area (Å²) in [7, 11) is 0. The number of hydrogen-bond acceptors (Lipinski definition) is 4. The Morgan fingerprint density at radius 2 is 1.62 bits per heavy atom. The highest BCUT2D eigenvalue weighted by atomic mass is 16.3. The SMILES string of the molecule is Cc1ccc(N2C(=O)C(O)=C(C(=O)c3cc4ccccc4o3)C2c2ccccc2C)cc1. The number of ketones is 1. The summed E-state index contributed by atoms with van der Waals surface area (Å²) in [5.41, 5.74) is 3.92. The van der Waals surface area contributed by atoms with Gasteiger partial charge < -0.3 is 9.52 Å². The number of benzene rings is 3. The van der Waals surface area contributed by atoms with Crippen molar-refractivity contribution >= 4 is 28.3 Å². The van der Waals surface area contributed by atoms with Crippen LogP contribution in [0.2, 0.25) is 0 Å². The number of anilines is 1. The summed E-state index contributed by atoms with van der Waals surface area (Å²) in [6.45, 7) is 3.88. The summed E-state index contributed by atoms with van der Waals surface area (Å²) in [5, 5.41) is 11.7. The second-order valence-electron chi connectivity index (χ2n) is 8.01.